The molecule has 5 nitrogen and oxygen atoms in total. The molecule has 0 radical (unpaired) electrons. The summed E-state index contributed by atoms with van der Waals surface area (Å²) in [5, 5.41) is 0. The molecule has 19 heavy (non-hydrogen) atoms. The second-order valence-electron chi connectivity index (χ2n) is 5.58. The Morgan fingerprint density at radius 2 is 1.84 bits per heavy atom. The van der Waals surface area contributed by atoms with E-state index in [4.69, 9.17) is 10.5 Å². The molecule has 0 saturated heterocycles. The lowest BCUT2D eigenvalue weighted by atomic mass is 9.96. The summed E-state index contributed by atoms with van der Waals surface area (Å²) in [5.74, 6) is 1.73. The molecule has 0 atom stereocenters. The molecule has 1 heterocycles. The average molecular weight is 266 g/mol. The first kappa shape index (κ1) is 15.7. The van der Waals surface area contributed by atoms with Gasteiger partial charge in [-0.2, -0.15) is 4.98 Å². The minimum Gasteiger partial charge on any atom is -0.476 e. The van der Waals surface area contributed by atoms with Gasteiger partial charge in [-0.05, 0) is 13.1 Å². The number of hydrogen-bond acceptors (Lipinski definition) is 5. The summed E-state index contributed by atoms with van der Waals surface area (Å²) in [4.78, 5) is 11.0. The zero-order chi connectivity index (χ0) is 14.5. The van der Waals surface area contributed by atoms with Gasteiger partial charge in [-0.25, -0.2) is 4.98 Å². The molecule has 0 amide bonds. The van der Waals surface area contributed by atoms with Gasteiger partial charge in [-0.1, -0.05) is 34.6 Å². The quantitative estimate of drug-likeness (QED) is 0.854. The van der Waals surface area contributed by atoms with Crippen LogP contribution in [0.4, 0.5) is 5.82 Å². The maximum absolute atomic E-state index is 5.80. The lowest BCUT2D eigenvalue weighted by molar-refractivity contribution is 0.217. The molecule has 0 aliphatic heterocycles. The number of anilines is 1. The zero-order valence-corrected chi connectivity index (χ0v) is 12.7. The van der Waals surface area contributed by atoms with Crippen molar-refractivity contribution in [3.05, 3.63) is 11.9 Å². The van der Waals surface area contributed by atoms with Gasteiger partial charge < -0.3 is 15.4 Å². The molecule has 0 saturated carbocycles. The fraction of sp³-hybridized carbons (Fsp3) is 0.714. The van der Waals surface area contributed by atoms with Crippen LogP contribution in [0.1, 0.15) is 40.4 Å². The summed E-state index contributed by atoms with van der Waals surface area (Å²) in [7, 11) is 0. The van der Waals surface area contributed by atoms with Crippen LogP contribution in [0.5, 0.6) is 5.88 Å². The Kier molecular flexibility index (Phi) is 5.54. The summed E-state index contributed by atoms with van der Waals surface area (Å²) >= 11 is 0. The van der Waals surface area contributed by atoms with Gasteiger partial charge in [0.15, 0.2) is 0 Å². The Bertz CT molecular complexity index is 397. The predicted octanol–water partition coefficient (Wildman–Crippen LogP) is 2.08. The van der Waals surface area contributed by atoms with Crippen LogP contribution in [-0.2, 0) is 5.41 Å². The SMILES string of the molecule is CCN(CC)CCOc1cc(N)nc(C(C)(C)C)n1. The molecule has 5 heteroatoms. The number of nitrogen functional groups attached to an aromatic ring is 1. The summed E-state index contributed by atoms with van der Waals surface area (Å²) in [5.41, 5.74) is 5.67. The number of hydrogen-bond donors (Lipinski definition) is 1. The van der Waals surface area contributed by atoms with Crippen LogP contribution >= 0.6 is 0 Å². The van der Waals surface area contributed by atoms with Crippen molar-refractivity contribution in [3.63, 3.8) is 0 Å². The van der Waals surface area contributed by atoms with Crippen LogP contribution in [0.2, 0.25) is 0 Å². The van der Waals surface area contributed by atoms with E-state index in [1.54, 1.807) is 6.07 Å². The molecule has 0 aromatic carbocycles. The largest absolute Gasteiger partial charge is 0.476 e. The van der Waals surface area contributed by atoms with E-state index in [1.807, 2.05) is 0 Å². The highest BCUT2D eigenvalue weighted by Gasteiger charge is 2.19. The number of rotatable bonds is 6. The monoisotopic (exact) mass is 266 g/mol. The maximum atomic E-state index is 5.80. The molecular formula is C14H26N4O. The van der Waals surface area contributed by atoms with Crippen molar-refractivity contribution in [2.45, 2.75) is 40.0 Å². The molecular weight excluding hydrogens is 240 g/mol. The smallest absolute Gasteiger partial charge is 0.218 e. The molecule has 2 N–H and O–H groups in total. The molecule has 0 spiro atoms. The summed E-state index contributed by atoms with van der Waals surface area (Å²) < 4.78 is 5.68. The second kappa shape index (κ2) is 6.70. The van der Waals surface area contributed by atoms with Crippen molar-refractivity contribution in [1.82, 2.24) is 14.9 Å². The molecule has 0 aliphatic rings. The van der Waals surface area contributed by atoms with Gasteiger partial charge in [0.05, 0.1) is 0 Å². The van der Waals surface area contributed by atoms with Crippen LogP contribution < -0.4 is 10.5 Å². The molecule has 1 aromatic rings. The third-order valence-electron chi connectivity index (χ3n) is 2.95. The van der Waals surface area contributed by atoms with E-state index in [1.165, 1.54) is 0 Å². The molecule has 108 valence electrons. The molecule has 0 bridgehead atoms. The van der Waals surface area contributed by atoms with Crippen molar-refractivity contribution in [3.8, 4) is 5.88 Å². The van der Waals surface area contributed by atoms with E-state index in [0.29, 0.717) is 24.1 Å². The van der Waals surface area contributed by atoms with Crippen LogP contribution in [0.25, 0.3) is 0 Å². The summed E-state index contributed by atoms with van der Waals surface area (Å²) in [6.07, 6.45) is 0. The maximum Gasteiger partial charge on any atom is 0.218 e. The number of nitrogens with zero attached hydrogens (tertiary/aromatic N) is 3. The average Bonchev–Trinajstić information content (AvgIpc) is 2.33. The highest BCUT2D eigenvalue weighted by molar-refractivity contribution is 5.34. The van der Waals surface area contributed by atoms with Gasteiger partial charge in [0, 0.05) is 18.0 Å². The second-order valence-corrected chi connectivity index (χ2v) is 5.58. The van der Waals surface area contributed by atoms with E-state index in [2.05, 4.69) is 49.5 Å². The van der Waals surface area contributed by atoms with E-state index in [9.17, 15) is 0 Å². The van der Waals surface area contributed by atoms with E-state index in [-0.39, 0.29) is 5.41 Å². The molecule has 1 rings (SSSR count). The third-order valence-corrected chi connectivity index (χ3v) is 2.95. The van der Waals surface area contributed by atoms with Gasteiger partial charge in [-0.15, -0.1) is 0 Å². The first-order chi connectivity index (χ1) is 8.86. The van der Waals surface area contributed by atoms with Gasteiger partial charge in [0.1, 0.15) is 18.2 Å². The van der Waals surface area contributed by atoms with Gasteiger partial charge in [0.2, 0.25) is 5.88 Å². The molecule has 0 aliphatic carbocycles. The fourth-order valence-electron chi connectivity index (χ4n) is 1.67. The van der Waals surface area contributed by atoms with Crippen LogP contribution in [-0.4, -0.2) is 41.1 Å². The van der Waals surface area contributed by atoms with E-state index in [0.717, 1.165) is 19.6 Å². The lowest BCUT2D eigenvalue weighted by Gasteiger charge is -2.19. The first-order valence-electron chi connectivity index (χ1n) is 6.87. The summed E-state index contributed by atoms with van der Waals surface area (Å²) in [6.45, 7) is 14.0. The Morgan fingerprint density at radius 1 is 1.21 bits per heavy atom. The Labute approximate surface area is 116 Å². The van der Waals surface area contributed by atoms with Crippen LogP contribution in [0.3, 0.4) is 0 Å². The lowest BCUT2D eigenvalue weighted by Crippen LogP contribution is -2.28. The highest BCUT2D eigenvalue weighted by atomic mass is 16.5. The van der Waals surface area contributed by atoms with Crippen molar-refractivity contribution < 1.29 is 4.74 Å². The first-order valence-corrected chi connectivity index (χ1v) is 6.87. The van der Waals surface area contributed by atoms with Gasteiger partial charge in [0.25, 0.3) is 0 Å². The van der Waals surface area contributed by atoms with Crippen LogP contribution in [0.15, 0.2) is 6.07 Å². The van der Waals surface area contributed by atoms with E-state index < -0.39 is 0 Å². The zero-order valence-electron chi connectivity index (χ0n) is 12.7. The summed E-state index contributed by atoms with van der Waals surface area (Å²) in [6, 6.07) is 1.68. The van der Waals surface area contributed by atoms with Gasteiger partial charge in [-0.3, -0.25) is 0 Å². The Morgan fingerprint density at radius 3 is 2.37 bits per heavy atom. The molecule has 1 aromatic heterocycles. The van der Waals surface area contributed by atoms with E-state index >= 15 is 0 Å². The minimum atomic E-state index is -0.133. The number of aromatic nitrogens is 2. The molecule has 0 unspecified atom stereocenters. The van der Waals surface area contributed by atoms with Crippen molar-refractivity contribution in [2.75, 3.05) is 32.0 Å². The van der Waals surface area contributed by atoms with Gasteiger partial charge >= 0.3 is 0 Å². The number of likely N-dealkylation sites (N-methyl/N-ethyl adjacent to an activating group) is 1. The topological polar surface area (TPSA) is 64.3 Å². The normalized spacial score (nSPS) is 11.9. The third kappa shape index (κ3) is 5.03. The minimum absolute atomic E-state index is 0.133. The van der Waals surface area contributed by atoms with Crippen molar-refractivity contribution in [2.24, 2.45) is 0 Å². The van der Waals surface area contributed by atoms with Crippen LogP contribution in [0, 0.1) is 0 Å². The Balaban J connectivity index is 2.66. The van der Waals surface area contributed by atoms with Crippen molar-refractivity contribution in [1.29, 1.82) is 0 Å². The fourth-order valence-corrected chi connectivity index (χ4v) is 1.67. The standard InChI is InChI=1S/C14H26N4O/c1-6-18(7-2)8-9-19-12-10-11(15)16-13(17-12)14(3,4)5/h10H,6-9H2,1-5H3,(H2,15,16,17). The number of ether oxygens (including phenoxy) is 1. The van der Waals surface area contributed by atoms with Crippen molar-refractivity contribution >= 4 is 5.82 Å². The highest BCUT2D eigenvalue weighted by Crippen LogP contribution is 2.22. The number of nitrogens with two attached hydrogens (primary N) is 1. The molecule has 0 fully saturated rings. The Hall–Kier alpha value is -1.36. The predicted molar refractivity (Wildman–Crippen MR) is 78.4 cm³/mol.